The molecule has 4 N–H and O–H groups in total. The molecule has 0 aliphatic heterocycles. The molecule has 0 aliphatic carbocycles. The minimum Gasteiger partial charge on any atom is -0.394 e. The number of hydrogen-bond donors (Lipinski definition) is 4. The zero-order valence-corrected chi connectivity index (χ0v) is 10.7. The molecule has 0 bridgehead atoms. The molecule has 1 unspecified atom stereocenters. The average molecular weight is 270 g/mol. The van der Waals surface area contributed by atoms with Crippen LogP contribution in [0.15, 0.2) is 12.1 Å². The summed E-state index contributed by atoms with van der Waals surface area (Å²) in [5, 5.41) is 34.5. The Labute approximate surface area is 110 Å². The maximum Gasteiger partial charge on any atom is 0.311 e. The number of rotatable bonds is 8. The third-order valence-electron chi connectivity index (χ3n) is 2.34. The van der Waals surface area contributed by atoms with Crippen LogP contribution in [0.2, 0.25) is 0 Å². The largest absolute Gasteiger partial charge is 0.394 e. The molecule has 0 amide bonds. The van der Waals surface area contributed by atoms with Gasteiger partial charge >= 0.3 is 5.69 Å². The van der Waals surface area contributed by atoms with E-state index >= 15 is 0 Å². The van der Waals surface area contributed by atoms with Gasteiger partial charge in [0.15, 0.2) is 0 Å². The van der Waals surface area contributed by atoms with Crippen molar-refractivity contribution in [3.63, 3.8) is 0 Å². The maximum absolute atomic E-state index is 10.9. The molecule has 1 aromatic heterocycles. The van der Waals surface area contributed by atoms with Gasteiger partial charge in [-0.25, -0.2) is 4.98 Å². The van der Waals surface area contributed by atoms with Gasteiger partial charge in [0.1, 0.15) is 5.82 Å². The van der Waals surface area contributed by atoms with E-state index in [2.05, 4.69) is 15.6 Å². The summed E-state index contributed by atoms with van der Waals surface area (Å²) in [5.41, 5.74) is -0.174. The van der Waals surface area contributed by atoms with E-state index in [4.69, 9.17) is 5.11 Å². The van der Waals surface area contributed by atoms with Crippen LogP contribution in [0.4, 0.5) is 17.3 Å². The molecule has 8 nitrogen and oxygen atoms in total. The van der Waals surface area contributed by atoms with Crippen LogP contribution in [0.5, 0.6) is 0 Å². The first-order valence-electron chi connectivity index (χ1n) is 6.00. The Bertz CT molecular complexity index is 427. The lowest BCUT2D eigenvalue weighted by atomic mass is 10.3. The van der Waals surface area contributed by atoms with Crippen LogP contribution in [-0.2, 0) is 0 Å². The molecule has 1 rings (SSSR count). The first-order chi connectivity index (χ1) is 9.08. The van der Waals surface area contributed by atoms with Gasteiger partial charge in [-0.1, -0.05) is 6.92 Å². The summed E-state index contributed by atoms with van der Waals surface area (Å²) in [6.07, 6.45) is -0.0846. The molecule has 0 radical (unpaired) electrons. The predicted octanol–water partition coefficient (Wildman–Crippen LogP) is 0.577. The minimum atomic E-state index is -0.992. The van der Waals surface area contributed by atoms with Gasteiger partial charge in [0.2, 0.25) is 5.82 Å². The maximum atomic E-state index is 10.9. The van der Waals surface area contributed by atoms with Crippen molar-refractivity contribution < 1.29 is 15.1 Å². The Kier molecular flexibility index (Phi) is 5.97. The zero-order chi connectivity index (χ0) is 14.3. The molecule has 1 aromatic rings. The number of hydrogen-bond acceptors (Lipinski definition) is 7. The van der Waals surface area contributed by atoms with Gasteiger partial charge < -0.3 is 20.8 Å². The molecule has 1 heterocycles. The summed E-state index contributed by atoms with van der Waals surface area (Å²) in [6.45, 7) is 2.27. The molecule has 0 aromatic carbocycles. The molecule has 8 heteroatoms. The molecule has 0 fully saturated rings. The van der Waals surface area contributed by atoms with E-state index in [1.54, 1.807) is 0 Å². The molecule has 0 saturated carbocycles. The van der Waals surface area contributed by atoms with E-state index in [9.17, 15) is 15.2 Å². The van der Waals surface area contributed by atoms with Crippen molar-refractivity contribution in [3.05, 3.63) is 22.2 Å². The number of anilines is 2. The molecule has 0 spiro atoms. The van der Waals surface area contributed by atoms with Gasteiger partial charge in [0, 0.05) is 19.2 Å². The highest BCUT2D eigenvalue weighted by Gasteiger charge is 2.16. The summed E-state index contributed by atoms with van der Waals surface area (Å²) in [6, 6.07) is 2.88. The number of aliphatic hydroxyl groups is 2. The topological polar surface area (TPSA) is 121 Å². The highest BCUT2D eigenvalue weighted by atomic mass is 16.6. The number of aromatic nitrogens is 1. The van der Waals surface area contributed by atoms with E-state index in [0.29, 0.717) is 12.4 Å². The molecule has 1 atom stereocenters. The van der Waals surface area contributed by atoms with Crippen LogP contribution in [0.25, 0.3) is 0 Å². The number of aliphatic hydroxyl groups excluding tert-OH is 2. The van der Waals surface area contributed by atoms with Crippen molar-refractivity contribution in [2.75, 3.05) is 30.3 Å². The van der Waals surface area contributed by atoms with Crippen LogP contribution in [0, 0.1) is 10.1 Å². The highest BCUT2D eigenvalue weighted by Crippen LogP contribution is 2.23. The van der Waals surface area contributed by atoms with Gasteiger partial charge in [-0.15, -0.1) is 0 Å². The van der Waals surface area contributed by atoms with Crippen LogP contribution in [0.3, 0.4) is 0 Å². The lowest BCUT2D eigenvalue weighted by Gasteiger charge is -2.11. The van der Waals surface area contributed by atoms with E-state index < -0.39 is 17.6 Å². The molecule has 19 heavy (non-hydrogen) atoms. The van der Waals surface area contributed by atoms with Crippen molar-refractivity contribution in [2.24, 2.45) is 0 Å². The van der Waals surface area contributed by atoms with Crippen molar-refractivity contribution in [2.45, 2.75) is 19.4 Å². The Hall–Kier alpha value is -1.93. The van der Waals surface area contributed by atoms with E-state index in [0.717, 1.165) is 6.42 Å². The number of nitrogens with zero attached hydrogens (tertiary/aromatic N) is 2. The molecule has 0 saturated heterocycles. The third-order valence-corrected chi connectivity index (χ3v) is 2.34. The fraction of sp³-hybridized carbons (Fsp3) is 0.545. The summed E-state index contributed by atoms with van der Waals surface area (Å²) >= 11 is 0. The first kappa shape index (κ1) is 15.1. The third kappa shape index (κ3) is 4.68. The zero-order valence-electron chi connectivity index (χ0n) is 10.7. The second kappa shape index (κ2) is 7.49. The van der Waals surface area contributed by atoms with Crippen molar-refractivity contribution in [1.82, 2.24) is 4.98 Å². The fourth-order valence-electron chi connectivity index (χ4n) is 1.36. The Morgan fingerprint density at radius 1 is 1.47 bits per heavy atom. The van der Waals surface area contributed by atoms with Gasteiger partial charge in [-0.2, -0.15) is 0 Å². The lowest BCUT2D eigenvalue weighted by molar-refractivity contribution is -0.384. The second-order valence-corrected chi connectivity index (χ2v) is 3.97. The normalized spacial score (nSPS) is 11.9. The van der Waals surface area contributed by atoms with Gasteiger partial charge in [0.05, 0.1) is 17.6 Å². The smallest absolute Gasteiger partial charge is 0.311 e. The van der Waals surface area contributed by atoms with Crippen molar-refractivity contribution in [1.29, 1.82) is 0 Å². The van der Waals surface area contributed by atoms with E-state index in [1.807, 2.05) is 6.92 Å². The summed E-state index contributed by atoms with van der Waals surface area (Å²) in [5.74, 6) is 0.590. The average Bonchev–Trinajstić information content (AvgIpc) is 2.42. The quantitative estimate of drug-likeness (QED) is 0.402. The summed E-state index contributed by atoms with van der Waals surface area (Å²) in [4.78, 5) is 14.4. The molecule has 106 valence electrons. The monoisotopic (exact) mass is 270 g/mol. The SMILES string of the molecule is CCCNc1ccc([N+](=O)[O-])c(NCC(O)CO)n1. The lowest BCUT2D eigenvalue weighted by Crippen LogP contribution is -2.23. The molecule has 0 aliphatic rings. The van der Waals surface area contributed by atoms with Gasteiger partial charge in [-0.05, 0) is 12.5 Å². The van der Waals surface area contributed by atoms with Crippen LogP contribution < -0.4 is 10.6 Å². The van der Waals surface area contributed by atoms with Crippen LogP contribution in [0.1, 0.15) is 13.3 Å². The van der Waals surface area contributed by atoms with E-state index in [-0.39, 0.29) is 18.1 Å². The summed E-state index contributed by atoms with van der Waals surface area (Å²) in [7, 11) is 0. The molecular formula is C11H18N4O4. The van der Waals surface area contributed by atoms with Crippen LogP contribution >= 0.6 is 0 Å². The van der Waals surface area contributed by atoms with Crippen molar-refractivity contribution >= 4 is 17.3 Å². The highest BCUT2D eigenvalue weighted by molar-refractivity contribution is 5.60. The number of pyridine rings is 1. The minimum absolute atomic E-state index is 0.0123. The van der Waals surface area contributed by atoms with Crippen LogP contribution in [-0.4, -0.2) is 45.9 Å². The van der Waals surface area contributed by atoms with Gasteiger partial charge in [0.25, 0.3) is 0 Å². The standard InChI is InChI=1S/C11H18N4O4/c1-2-5-12-10-4-3-9(15(18)19)11(14-10)13-6-8(17)7-16/h3-4,8,16-17H,2,5-7H2,1H3,(H2,12,13,14). The second-order valence-electron chi connectivity index (χ2n) is 3.97. The van der Waals surface area contributed by atoms with Gasteiger partial charge in [-0.3, -0.25) is 10.1 Å². The Morgan fingerprint density at radius 3 is 2.79 bits per heavy atom. The van der Waals surface area contributed by atoms with E-state index in [1.165, 1.54) is 12.1 Å². The predicted molar refractivity (Wildman–Crippen MR) is 71.3 cm³/mol. The van der Waals surface area contributed by atoms with Crippen molar-refractivity contribution in [3.8, 4) is 0 Å². The Balaban J connectivity index is 2.85. The fourth-order valence-corrected chi connectivity index (χ4v) is 1.36. The number of nitrogens with one attached hydrogen (secondary N) is 2. The Morgan fingerprint density at radius 2 is 2.21 bits per heavy atom. The molecular weight excluding hydrogens is 252 g/mol. The summed E-state index contributed by atoms with van der Waals surface area (Å²) < 4.78 is 0. The first-order valence-corrected chi connectivity index (χ1v) is 6.00. The number of nitro groups is 1.